The van der Waals surface area contributed by atoms with E-state index in [1.165, 1.54) is 0 Å². The Bertz CT molecular complexity index is 453. The summed E-state index contributed by atoms with van der Waals surface area (Å²) in [6, 6.07) is 5.81. The minimum absolute atomic E-state index is 0.0663. The zero-order valence-electron chi connectivity index (χ0n) is 10.4. The second-order valence-corrected chi connectivity index (χ2v) is 6.31. The molecule has 1 aliphatic heterocycles. The molecule has 2 rings (SSSR count). The lowest BCUT2D eigenvalue weighted by molar-refractivity contribution is 0.0751. The van der Waals surface area contributed by atoms with E-state index >= 15 is 0 Å². The zero-order chi connectivity index (χ0) is 13.1. The molecule has 1 aliphatic rings. The van der Waals surface area contributed by atoms with Crippen LogP contribution in [0.4, 0.5) is 5.69 Å². The molecule has 18 heavy (non-hydrogen) atoms. The van der Waals surface area contributed by atoms with Crippen LogP contribution in [-0.2, 0) is 0 Å². The van der Waals surface area contributed by atoms with Crippen molar-refractivity contribution in [3.05, 3.63) is 28.2 Å². The molecule has 0 spiro atoms. The summed E-state index contributed by atoms with van der Waals surface area (Å²) >= 11 is 5.15. The van der Waals surface area contributed by atoms with Gasteiger partial charge in [-0.05, 0) is 37.3 Å². The number of thioether (sulfide) groups is 1. The van der Waals surface area contributed by atoms with Crippen LogP contribution in [0, 0.1) is 0 Å². The third-order valence-electron chi connectivity index (χ3n) is 3.24. The number of nitrogens with zero attached hydrogens (tertiary/aromatic N) is 1. The Labute approximate surface area is 120 Å². The van der Waals surface area contributed by atoms with E-state index in [1.54, 1.807) is 23.9 Å². The first-order chi connectivity index (χ1) is 8.63. The number of likely N-dealkylation sites (tertiary alicyclic amines) is 1. The number of hydrogen-bond acceptors (Lipinski definition) is 3. The molecule has 2 N–H and O–H groups in total. The summed E-state index contributed by atoms with van der Waals surface area (Å²) in [6.45, 7) is 0.847. The van der Waals surface area contributed by atoms with Gasteiger partial charge in [-0.1, -0.05) is 15.9 Å². The van der Waals surface area contributed by atoms with Gasteiger partial charge in [0.1, 0.15) is 0 Å². The van der Waals surface area contributed by atoms with Gasteiger partial charge in [-0.25, -0.2) is 0 Å². The summed E-state index contributed by atoms with van der Waals surface area (Å²) < 4.78 is 0.902. The highest BCUT2D eigenvalue weighted by Crippen LogP contribution is 2.26. The SMILES string of the molecule is CSC[C@H]1CCCN1C(=O)c1ccc(Br)cc1N. The van der Waals surface area contributed by atoms with E-state index in [1.807, 2.05) is 11.0 Å². The number of hydrogen-bond donors (Lipinski definition) is 1. The molecule has 1 fully saturated rings. The summed E-state index contributed by atoms with van der Waals surface area (Å²) in [6.07, 6.45) is 4.27. The van der Waals surface area contributed by atoms with E-state index in [0.717, 1.165) is 29.6 Å². The highest BCUT2D eigenvalue weighted by atomic mass is 79.9. The Morgan fingerprint density at radius 2 is 2.39 bits per heavy atom. The molecular weight excluding hydrogens is 312 g/mol. The van der Waals surface area contributed by atoms with Gasteiger partial charge in [-0.3, -0.25) is 4.79 Å². The molecule has 3 nitrogen and oxygen atoms in total. The molecule has 1 atom stereocenters. The fourth-order valence-electron chi connectivity index (χ4n) is 2.35. The van der Waals surface area contributed by atoms with Gasteiger partial charge < -0.3 is 10.6 Å². The van der Waals surface area contributed by atoms with Crippen LogP contribution in [-0.4, -0.2) is 35.4 Å². The smallest absolute Gasteiger partial charge is 0.256 e. The van der Waals surface area contributed by atoms with Gasteiger partial charge in [0.05, 0.1) is 5.56 Å². The van der Waals surface area contributed by atoms with Crippen molar-refractivity contribution >= 4 is 39.3 Å². The quantitative estimate of drug-likeness (QED) is 0.867. The number of carbonyl (C=O) groups excluding carboxylic acids is 1. The molecule has 1 amide bonds. The van der Waals surface area contributed by atoms with Crippen molar-refractivity contribution in [2.24, 2.45) is 0 Å². The molecule has 0 saturated carbocycles. The highest BCUT2D eigenvalue weighted by Gasteiger charge is 2.29. The molecule has 0 radical (unpaired) electrons. The average molecular weight is 329 g/mol. The summed E-state index contributed by atoms with van der Waals surface area (Å²) in [5, 5.41) is 0. The maximum atomic E-state index is 12.5. The number of amides is 1. The maximum Gasteiger partial charge on any atom is 0.256 e. The van der Waals surface area contributed by atoms with E-state index in [2.05, 4.69) is 22.2 Å². The lowest BCUT2D eigenvalue weighted by Crippen LogP contribution is -2.37. The minimum atomic E-state index is 0.0663. The lowest BCUT2D eigenvalue weighted by atomic mass is 10.1. The van der Waals surface area contributed by atoms with E-state index in [4.69, 9.17) is 5.73 Å². The van der Waals surface area contributed by atoms with E-state index in [0.29, 0.717) is 17.3 Å². The van der Waals surface area contributed by atoms with Crippen LogP contribution in [0.5, 0.6) is 0 Å². The fourth-order valence-corrected chi connectivity index (χ4v) is 3.46. The molecule has 5 heteroatoms. The maximum absolute atomic E-state index is 12.5. The zero-order valence-corrected chi connectivity index (χ0v) is 12.8. The van der Waals surface area contributed by atoms with Crippen LogP contribution in [0.2, 0.25) is 0 Å². The van der Waals surface area contributed by atoms with E-state index in [-0.39, 0.29) is 5.91 Å². The Morgan fingerprint density at radius 1 is 1.61 bits per heavy atom. The third kappa shape index (κ3) is 2.83. The van der Waals surface area contributed by atoms with Crippen molar-refractivity contribution in [2.45, 2.75) is 18.9 Å². The molecule has 0 aromatic heterocycles. The van der Waals surface area contributed by atoms with Crippen molar-refractivity contribution in [1.82, 2.24) is 4.90 Å². The topological polar surface area (TPSA) is 46.3 Å². The second-order valence-electron chi connectivity index (χ2n) is 4.48. The van der Waals surface area contributed by atoms with Gasteiger partial charge >= 0.3 is 0 Å². The molecule has 1 heterocycles. The first-order valence-corrected chi connectivity index (χ1v) is 8.17. The van der Waals surface area contributed by atoms with Gasteiger partial charge in [0.2, 0.25) is 0 Å². The van der Waals surface area contributed by atoms with Crippen molar-refractivity contribution < 1.29 is 4.79 Å². The van der Waals surface area contributed by atoms with Crippen LogP contribution in [0.3, 0.4) is 0 Å². The average Bonchev–Trinajstić information content (AvgIpc) is 2.77. The van der Waals surface area contributed by atoms with Crippen LogP contribution in [0.15, 0.2) is 22.7 Å². The van der Waals surface area contributed by atoms with Crippen LogP contribution in [0.25, 0.3) is 0 Å². The predicted octanol–water partition coefficient (Wildman–Crippen LogP) is 3.00. The Kier molecular flexibility index (Phi) is 4.56. The Hall–Kier alpha value is -0.680. The number of carbonyl (C=O) groups is 1. The Balaban J connectivity index is 2.20. The molecule has 1 aromatic carbocycles. The molecule has 1 saturated heterocycles. The van der Waals surface area contributed by atoms with Gasteiger partial charge in [-0.2, -0.15) is 11.8 Å². The monoisotopic (exact) mass is 328 g/mol. The molecule has 98 valence electrons. The summed E-state index contributed by atoms with van der Waals surface area (Å²) in [7, 11) is 0. The van der Waals surface area contributed by atoms with Gasteiger partial charge in [0.25, 0.3) is 5.91 Å². The minimum Gasteiger partial charge on any atom is -0.398 e. The van der Waals surface area contributed by atoms with Crippen molar-refractivity contribution in [3.63, 3.8) is 0 Å². The number of anilines is 1. The number of rotatable bonds is 3. The molecule has 1 aromatic rings. The molecule has 0 bridgehead atoms. The fraction of sp³-hybridized carbons (Fsp3) is 0.462. The summed E-state index contributed by atoms with van der Waals surface area (Å²) in [5.74, 6) is 1.07. The van der Waals surface area contributed by atoms with Gasteiger partial charge in [0, 0.05) is 28.5 Å². The largest absolute Gasteiger partial charge is 0.398 e. The highest BCUT2D eigenvalue weighted by molar-refractivity contribution is 9.10. The predicted molar refractivity (Wildman–Crippen MR) is 81.0 cm³/mol. The van der Waals surface area contributed by atoms with E-state index in [9.17, 15) is 4.79 Å². The summed E-state index contributed by atoms with van der Waals surface area (Å²) in [5.41, 5.74) is 7.09. The number of halogens is 1. The summed E-state index contributed by atoms with van der Waals surface area (Å²) in [4.78, 5) is 14.5. The Morgan fingerprint density at radius 3 is 3.06 bits per heavy atom. The van der Waals surface area contributed by atoms with E-state index < -0.39 is 0 Å². The second kappa shape index (κ2) is 5.97. The number of benzene rings is 1. The third-order valence-corrected chi connectivity index (χ3v) is 4.45. The normalized spacial score (nSPS) is 19.2. The van der Waals surface area contributed by atoms with Gasteiger partial charge in [-0.15, -0.1) is 0 Å². The first kappa shape index (κ1) is 13.7. The molecule has 0 unspecified atom stereocenters. The number of nitrogens with two attached hydrogens (primary N) is 1. The number of nitrogen functional groups attached to an aromatic ring is 1. The van der Waals surface area contributed by atoms with Crippen LogP contribution >= 0.6 is 27.7 Å². The molecule has 0 aliphatic carbocycles. The standard InChI is InChI=1S/C13H17BrN2OS/c1-18-8-10-3-2-6-16(10)13(17)11-5-4-9(14)7-12(11)15/h4-5,7,10H,2-3,6,8,15H2,1H3/t10-/m1/s1. The van der Waals surface area contributed by atoms with Crippen LogP contribution in [0.1, 0.15) is 23.2 Å². The molecular formula is C13H17BrN2OS. The lowest BCUT2D eigenvalue weighted by Gasteiger charge is -2.24. The van der Waals surface area contributed by atoms with Crippen molar-refractivity contribution in [3.8, 4) is 0 Å². The van der Waals surface area contributed by atoms with Crippen molar-refractivity contribution in [1.29, 1.82) is 0 Å². The van der Waals surface area contributed by atoms with Crippen LogP contribution < -0.4 is 5.73 Å². The first-order valence-electron chi connectivity index (χ1n) is 5.98. The van der Waals surface area contributed by atoms with Gasteiger partial charge in [0.15, 0.2) is 0 Å². The van der Waals surface area contributed by atoms with Crippen molar-refractivity contribution in [2.75, 3.05) is 24.3 Å².